The smallest absolute Gasteiger partial charge is 0.274 e. The summed E-state index contributed by atoms with van der Waals surface area (Å²) in [5, 5.41) is 14.1. The predicted molar refractivity (Wildman–Crippen MR) is 97.0 cm³/mol. The summed E-state index contributed by atoms with van der Waals surface area (Å²) in [4.78, 5) is 21.2. The topological polar surface area (TPSA) is 101 Å². The van der Waals surface area contributed by atoms with Crippen molar-refractivity contribution in [3.8, 4) is 11.4 Å². The normalized spacial score (nSPS) is 11.0. The van der Waals surface area contributed by atoms with Gasteiger partial charge in [-0.15, -0.1) is 0 Å². The third-order valence-electron chi connectivity index (χ3n) is 3.96. The van der Waals surface area contributed by atoms with Crippen molar-refractivity contribution in [2.75, 3.05) is 5.32 Å². The van der Waals surface area contributed by atoms with Crippen molar-refractivity contribution >= 4 is 17.2 Å². The second-order valence-electron chi connectivity index (χ2n) is 6.11. The first-order valence-corrected chi connectivity index (χ1v) is 8.14. The maximum absolute atomic E-state index is 12.5. The molecule has 4 aromatic rings. The molecule has 0 unspecified atom stereocenters. The van der Waals surface area contributed by atoms with Gasteiger partial charge in [0.15, 0.2) is 11.5 Å². The average molecular weight is 347 g/mol. The van der Waals surface area contributed by atoms with E-state index in [2.05, 4.69) is 30.6 Å². The molecule has 3 aromatic heterocycles. The summed E-state index contributed by atoms with van der Waals surface area (Å²) in [7, 11) is 0. The molecule has 4 rings (SSSR count). The number of H-pyrrole nitrogens is 1. The van der Waals surface area contributed by atoms with Crippen LogP contribution in [0.25, 0.3) is 17.0 Å². The maximum Gasteiger partial charge on any atom is 0.274 e. The Bertz CT molecular complexity index is 1110. The van der Waals surface area contributed by atoms with E-state index in [9.17, 15) is 4.79 Å². The fourth-order valence-electron chi connectivity index (χ4n) is 2.73. The summed E-state index contributed by atoms with van der Waals surface area (Å²) in [6.07, 6.45) is 0. The average Bonchev–Trinajstić information content (AvgIpc) is 3.21. The summed E-state index contributed by atoms with van der Waals surface area (Å²) in [5.74, 6) is 1.11. The Morgan fingerprint density at radius 3 is 2.54 bits per heavy atom. The SMILES string of the molecule is Cc1cc2nc(C(=O)Nc3ccc(-c4n[nH]c(C)n4)cc3)cc(C)n2n1. The number of fused-ring (bicyclic) bond motifs is 1. The molecule has 3 heterocycles. The molecule has 0 saturated carbocycles. The van der Waals surface area contributed by atoms with Gasteiger partial charge >= 0.3 is 0 Å². The van der Waals surface area contributed by atoms with Crippen LogP contribution in [-0.2, 0) is 0 Å². The molecule has 0 bridgehead atoms. The predicted octanol–water partition coefficient (Wildman–Crippen LogP) is 2.69. The minimum atomic E-state index is -0.268. The Morgan fingerprint density at radius 2 is 1.85 bits per heavy atom. The molecule has 0 radical (unpaired) electrons. The van der Waals surface area contributed by atoms with E-state index < -0.39 is 0 Å². The van der Waals surface area contributed by atoms with Crippen molar-refractivity contribution in [1.29, 1.82) is 0 Å². The summed E-state index contributed by atoms with van der Waals surface area (Å²) in [5.41, 5.74) is 4.26. The first-order chi connectivity index (χ1) is 12.5. The highest BCUT2D eigenvalue weighted by molar-refractivity contribution is 6.03. The Balaban J connectivity index is 1.56. The number of hydrogen-bond donors (Lipinski definition) is 2. The number of aryl methyl sites for hydroxylation is 3. The van der Waals surface area contributed by atoms with Crippen LogP contribution in [0.4, 0.5) is 5.69 Å². The number of nitrogens with one attached hydrogen (secondary N) is 2. The molecule has 0 atom stereocenters. The number of hydrogen-bond acceptors (Lipinski definition) is 5. The Kier molecular flexibility index (Phi) is 3.72. The molecule has 1 aromatic carbocycles. The summed E-state index contributed by atoms with van der Waals surface area (Å²) < 4.78 is 1.72. The van der Waals surface area contributed by atoms with E-state index >= 15 is 0 Å². The quantitative estimate of drug-likeness (QED) is 0.593. The highest BCUT2D eigenvalue weighted by Gasteiger charge is 2.12. The molecule has 2 N–H and O–H groups in total. The van der Waals surface area contributed by atoms with Gasteiger partial charge in [0.05, 0.1) is 5.69 Å². The zero-order chi connectivity index (χ0) is 18.3. The molecule has 0 aliphatic carbocycles. The number of nitrogens with zero attached hydrogens (tertiary/aromatic N) is 5. The van der Waals surface area contributed by atoms with Gasteiger partial charge in [0.2, 0.25) is 0 Å². The molecule has 0 saturated heterocycles. The van der Waals surface area contributed by atoms with Crippen molar-refractivity contribution in [3.05, 3.63) is 59.3 Å². The second kappa shape index (κ2) is 6.07. The first-order valence-electron chi connectivity index (χ1n) is 8.14. The van der Waals surface area contributed by atoms with Crippen molar-refractivity contribution < 1.29 is 4.79 Å². The lowest BCUT2D eigenvalue weighted by atomic mass is 10.2. The van der Waals surface area contributed by atoms with E-state index in [0.717, 1.165) is 22.8 Å². The van der Waals surface area contributed by atoms with E-state index in [-0.39, 0.29) is 5.91 Å². The number of carbonyl (C=O) groups excluding carboxylic acids is 1. The minimum absolute atomic E-state index is 0.268. The van der Waals surface area contributed by atoms with Gasteiger partial charge in [-0.2, -0.15) is 10.2 Å². The molecule has 8 heteroatoms. The van der Waals surface area contributed by atoms with Gasteiger partial charge in [-0.05, 0) is 51.1 Å². The van der Waals surface area contributed by atoms with E-state index in [4.69, 9.17) is 0 Å². The third-order valence-corrected chi connectivity index (χ3v) is 3.96. The van der Waals surface area contributed by atoms with E-state index in [1.165, 1.54) is 0 Å². The molecule has 26 heavy (non-hydrogen) atoms. The number of aromatic nitrogens is 6. The zero-order valence-electron chi connectivity index (χ0n) is 14.6. The van der Waals surface area contributed by atoms with Gasteiger partial charge in [-0.1, -0.05) is 0 Å². The third kappa shape index (κ3) is 2.92. The van der Waals surface area contributed by atoms with Crippen LogP contribution in [0.2, 0.25) is 0 Å². The Morgan fingerprint density at radius 1 is 1.08 bits per heavy atom. The number of rotatable bonds is 3. The van der Waals surface area contributed by atoms with E-state index in [0.29, 0.717) is 22.9 Å². The second-order valence-corrected chi connectivity index (χ2v) is 6.11. The first kappa shape index (κ1) is 15.9. The van der Waals surface area contributed by atoms with E-state index in [1.807, 2.05) is 51.1 Å². The van der Waals surface area contributed by atoms with Gasteiger partial charge < -0.3 is 5.32 Å². The lowest BCUT2D eigenvalue weighted by Crippen LogP contribution is -2.15. The summed E-state index contributed by atoms with van der Waals surface area (Å²) in [6.45, 7) is 5.63. The van der Waals surface area contributed by atoms with Gasteiger partial charge in [0.25, 0.3) is 5.91 Å². The Labute approximate surface area is 149 Å². The van der Waals surface area contributed by atoms with Crippen LogP contribution < -0.4 is 5.32 Å². The molecule has 8 nitrogen and oxygen atoms in total. The Hall–Kier alpha value is -3.55. The molecule has 0 aliphatic rings. The maximum atomic E-state index is 12.5. The van der Waals surface area contributed by atoms with Crippen LogP contribution >= 0.6 is 0 Å². The molecular formula is C18H17N7O. The molecule has 0 spiro atoms. The fourth-order valence-corrected chi connectivity index (χ4v) is 2.73. The van der Waals surface area contributed by atoms with Crippen molar-refractivity contribution in [1.82, 2.24) is 29.8 Å². The standard InChI is InChI=1S/C18H17N7O/c1-10-8-16-21-15(9-11(2)25(16)24-10)18(26)20-14-6-4-13(5-7-14)17-19-12(3)22-23-17/h4-9H,1-3H3,(H,20,26)(H,19,22,23). The summed E-state index contributed by atoms with van der Waals surface area (Å²) >= 11 is 0. The van der Waals surface area contributed by atoms with Crippen LogP contribution in [0.5, 0.6) is 0 Å². The number of anilines is 1. The van der Waals surface area contributed by atoms with Crippen molar-refractivity contribution in [2.45, 2.75) is 20.8 Å². The number of benzene rings is 1. The van der Waals surface area contributed by atoms with Crippen LogP contribution in [0.15, 0.2) is 36.4 Å². The highest BCUT2D eigenvalue weighted by Crippen LogP contribution is 2.18. The van der Waals surface area contributed by atoms with Crippen LogP contribution in [0, 0.1) is 20.8 Å². The molecular weight excluding hydrogens is 330 g/mol. The van der Waals surface area contributed by atoms with Gasteiger partial charge in [0.1, 0.15) is 11.5 Å². The number of amides is 1. The zero-order valence-corrected chi connectivity index (χ0v) is 14.6. The molecule has 0 fully saturated rings. The fraction of sp³-hybridized carbons (Fsp3) is 0.167. The minimum Gasteiger partial charge on any atom is -0.321 e. The number of aromatic amines is 1. The monoisotopic (exact) mass is 347 g/mol. The van der Waals surface area contributed by atoms with Gasteiger partial charge in [0, 0.05) is 23.0 Å². The van der Waals surface area contributed by atoms with Crippen LogP contribution in [-0.4, -0.2) is 35.7 Å². The number of carbonyl (C=O) groups is 1. The van der Waals surface area contributed by atoms with Gasteiger partial charge in [-0.25, -0.2) is 14.5 Å². The van der Waals surface area contributed by atoms with Crippen LogP contribution in [0.1, 0.15) is 27.7 Å². The lowest BCUT2D eigenvalue weighted by Gasteiger charge is -2.07. The van der Waals surface area contributed by atoms with Crippen molar-refractivity contribution in [3.63, 3.8) is 0 Å². The van der Waals surface area contributed by atoms with E-state index in [1.54, 1.807) is 10.6 Å². The highest BCUT2D eigenvalue weighted by atomic mass is 16.1. The molecule has 0 aliphatic heterocycles. The van der Waals surface area contributed by atoms with Crippen LogP contribution in [0.3, 0.4) is 0 Å². The molecule has 1 amide bonds. The summed E-state index contributed by atoms with van der Waals surface area (Å²) in [6, 6.07) is 10.9. The largest absolute Gasteiger partial charge is 0.321 e. The van der Waals surface area contributed by atoms with Crippen molar-refractivity contribution in [2.24, 2.45) is 0 Å². The van der Waals surface area contributed by atoms with Gasteiger partial charge in [-0.3, -0.25) is 9.89 Å². The lowest BCUT2D eigenvalue weighted by molar-refractivity contribution is 0.102. The molecule has 130 valence electrons.